The summed E-state index contributed by atoms with van der Waals surface area (Å²) in [4.78, 5) is 21.3. The molecule has 0 aromatic carbocycles. The first-order chi connectivity index (χ1) is 12.2. The molecule has 0 saturated carbocycles. The van der Waals surface area contributed by atoms with Crippen LogP contribution in [0.1, 0.15) is 17.3 Å². The Morgan fingerprint density at radius 2 is 2.32 bits per heavy atom. The number of carbonyl (C=O) groups is 1. The zero-order valence-corrected chi connectivity index (χ0v) is 15.2. The largest absolute Gasteiger partial charge is 0.383 e. The molecule has 1 amide bonds. The highest BCUT2D eigenvalue weighted by Crippen LogP contribution is 2.18. The molecule has 1 fully saturated rings. The van der Waals surface area contributed by atoms with Gasteiger partial charge in [0.15, 0.2) is 0 Å². The lowest BCUT2D eigenvalue weighted by atomic mass is 10.2. The second-order valence-corrected chi connectivity index (χ2v) is 6.76. The molecule has 3 rings (SSSR count). The van der Waals surface area contributed by atoms with Gasteiger partial charge in [-0.25, -0.2) is 4.98 Å². The average Bonchev–Trinajstić information content (AvgIpc) is 3.14. The molecular formula is C16H22N6O2S. The monoisotopic (exact) mass is 362 g/mol. The van der Waals surface area contributed by atoms with E-state index in [1.54, 1.807) is 24.9 Å². The molecule has 25 heavy (non-hydrogen) atoms. The van der Waals surface area contributed by atoms with Crippen LogP contribution in [0.2, 0.25) is 0 Å². The maximum Gasteiger partial charge on any atom is 0.259 e. The Balaban J connectivity index is 1.58. The minimum absolute atomic E-state index is 0.228. The number of piperazine rings is 1. The van der Waals surface area contributed by atoms with Crippen LogP contribution in [0.25, 0.3) is 0 Å². The van der Waals surface area contributed by atoms with E-state index in [2.05, 4.69) is 37.2 Å². The van der Waals surface area contributed by atoms with Crippen molar-refractivity contribution in [2.24, 2.45) is 0 Å². The van der Waals surface area contributed by atoms with Gasteiger partial charge in [-0.1, -0.05) is 11.3 Å². The number of hydrogen-bond acceptors (Lipinski definition) is 8. The Labute approximate surface area is 150 Å². The second kappa shape index (κ2) is 8.32. The van der Waals surface area contributed by atoms with E-state index in [-0.39, 0.29) is 5.91 Å². The quantitative estimate of drug-likeness (QED) is 0.830. The molecule has 3 heterocycles. The Morgan fingerprint density at radius 3 is 2.96 bits per heavy atom. The number of carbonyl (C=O) groups excluding carboxylic acids is 1. The molecule has 8 nitrogen and oxygen atoms in total. The van der Waals surface area contributed by atoms with Crippen molar-refractivity contribution in [1.29, 1.82) is 0 Å². The number of methoxy groups -OCH3 is 1. The molecule has 1 unspecified atom stereocenters. The van der Waals surface area contributed by atoms with Crippen molar-refractivity contribution in [3.63, 3.8) is 0 Å². The number of pyridine rings is 1. The van der Waals surface area contributed by atoms with E-state index in [4.69, 9.17) is 4.74 Å². The molecule has 1 atom stereocenters. The number of anilines is 2. The molecule has 0 radical (unpaired) electrons. The lowest BCUT2D eigenvalue weighted by Crippen LogP contribution is -2.52. The smallest absolute Gasteiger partial charge is 0.259 e. The summed E-state index contributed by atoms with van der Waals surface area (Å²) in [5, 5.41) is 10.7. The number of aromatic nitrogens is 3. The number of nitrogens with zero attached hydrogens (tertiary/aromatic N) is 5. The molecule has 0 bridgehead atoms. The third kappa shape index (κ3) is 4.50. The van der Waals surface area contributed by atoms with Gasteiger partial charge in [-0.15, -0.1) is 10.2 Å². The van der Waals surface area contributed by atoms with Crippen molar-refractivity contribution >= 4 is 28.2 Å². The van der Waals surface area contributed by atoms with Gasteiger partial charge in [0.2, 0.25) is 5.13 Å². The topological polar surface area (TPSA) is 83.5 Å². The maximum absolute atomic E-state index is 12.2. The molecule has 1 aliphatic heterocycles. The molecular weight excluding hydrogens is 340 g/mol. The summed E-state index contributed by atoms with van der Waals surface area (Å²) in [5.41, 5.74) is 2.08. The molecule has 134 valence electrons. The van der Waals surface area contributed by atoms with Gasteiger partial charge in [0.05, 0.1) is 12.2 Å². The van der Waals surface area contributed by atoms with Gasteiger partial charge in [0.25, 0.3) is 5.91 Å². The van der Waals surface area contributed by atoms with E-state index in [0.717, 1.165) is 38.6 Å². The fourth-order valence-electron chi connectivity index (χ4n) is 2.85. The van der Waals surface area contributed by atoms with Crippen molar-refractivity contribution in [3.05, 3.63) is 29.4 Å². The predicted molar refractivity (Wildman–Crippen MR) is 97.2 cm³/mol. The van der Waals surface area contributed by atoms with E-state index in [1.807, 2.05) is 6.07 Å². The van der Waals surface area contributed by atoms with Crippen molar-refractivity contribution in [1.82, 2.24) is 20.1 Å². The summed E-state index contributed by atoms with van der Waals surface area (Å²) in [6.45, 7) is 6.71. The zero-order chi connectivity index (χ0) is 17.6. The third-order valence-electron chi connectivity index (χ3n) is 4.26. The van der Waals surface area contributed by atoms with E-state index in [1.165, 1.54) is 11.3 Å². The lowest BCUT2D eigenvalue weighted by Gasteiger charge is -2.40. The zero-order valence-electron chi connectivity index (χ0n) is 14.4. The number of amides is 1. The molecule has 1 saturated heterocycles. The second-order valence-electron chi connectivity index (χ2n) is 5.93. The third-order valence-corrected chi connectivity index (χ3v) is 4.87. The van der Waals surface area contributed by atoms with Crippen LogP contribution in [0.15, 0.2) is 23.8 Å². The van der Waals surface area contributed by atoms with Crippen LogP contribution in [-0.4, -0.2) is 71.9 Å². The van der Waals surface area contributed by atoms with Crippen LogP contribution >= 0.6 is 11.3 Å². The molecule has 2 aromatic rings. The first-order valence-corrected chi connectivity index (χ1v) is 9.07. The Hall–Kier alpha value is -2.10. The van der Waals surface area contributed by atoms with E-state index < -0.39 is 0 Å². The highest BCUT2D eigenvalue weighted by atomic mass is 32.1. The van der Waals surface area contributed by atoms with E-state index in [9.17, 15) is 4.79 Å². The van der Waals surface area contributed by atoms with Gasteiger partial charge in [0, 0.05) is 45.5 Å². The average molecular weight is 362 g/mol. The number of rotatable bonds is 6. The van der Waals surface area contributed by atoms with Gasteiger partial charge in [0.1, 0.15) is 11.3 Å². The molecule has 9 heteroatoms. The van der Waals surface area contributed by atoms with Gasteiger partial charge in [-0.3, -0.25) is 15.0 Å². The van der Waals surface area contributed by atoms with Crippen LogP contribution in [0.3, 0.4) is 0 Å². The summed E-state index contributed by atoms with van der Waals surface area (Å²) in [5.74, 6) is 0.666. The van der Waals surface area contributed by atoms with E-state index in [0.29, 0.717) is 16.7 Å². The fraction of sp³-hybridized carbons (Fsp3) is 0.500. The van der Waals surface area contributed by atoms with Crippen molar-refractivity contribution in [3.8, 4) is 0 Å². The molecule has 2 aromatic heterocycles. The summed E-state index contributed by atoms with van der Waals surface area (Å²) in [6, 6.07) is 4.12. The first kappa shape index (κ1) is 17.7. The fourth-order valence-corrected chi connectivity index (χ4v) is 3.29. The minimum Gasteiger partial charge on any atom is -0.383 e. The summed E-state index contributed by atoms with van der Waals surface area (Å²) in [6.07, 6.45) is 1.60. The Kier molecular flexibility index (Phi) is 5.90. The van der Waals surface area contributed by atoms with Gasteiger partial charge < -0.3 is 9.64 Å². The first-order valence-electron chi connectivity index (χ1n) is 8.19. The number of nitrogens with one attached hydrogen (secondary N) is 1. The van der Waals surface area contributed by atoms with Crippen LogP contribution < -0.4 is 10.2 Å². The SMILES string of the molecule is COCCN1CCN(c2ccc(C(=O)Nc3nncs3)cn2)CC1C. The number of hydrogen-bond donors (Lipinski definition) is 1. The van der Waals surface area contributed by atoms with Crippen molar-refractivity contribution in [2.45, 2.75) is 13.0 Å². The molecule has 1 N–H and O–H groups in total. The summed E-state index contributed by atoms with van der Waals surface area (Å²) >= 11 is 1.28. The Morgan fingerprint density at radius 1 is 1.44 bits per heavy atom. The van der Waals surface area contributed by atoms with Crippen molar-refractivity contribution < 1.29 is 9.53 Å². The Bertz CT molecular complexity index is 678. The van der Waals surface area contributed by atoms with Crippen LogP contribution in [0, 0.1) is 0 Å². The maximum atomic E-state index is 12.2. The van der Waals surface area contributed by atoms with Crippen LogP contribution in [0.4, 0.5) is 10.9 Å². The van der Waals surface area contributed by atoms with Gasteiger partial charge in [-0.05, 0) is 19.1 Å². The highest BCUT2D eigenvalue weighted by molar-refractivity contribution is 7.13. The highest BCUT2D eigenvalue weighted by Gasteiger charge is 2.24. The standard InChI is InChI=1S/C16H22N6O2S/c1-12-10-22(6-5-21(12)7-8-24-2)14-4-3-13(9-17-14)15(23)19-16-20-18-11-25-16/h3-4,9,11-12H,5-8,10H2,1-2H3,(H,19,20,23). The van der Waals surface area contributed by atoms with Gasteiger partial charge in [-0.2, -0.15) is 0 Å². The molecule has 0 aliphatic carbocycles. The van der Waals surface area contributed by atoms with E-state index >= 15 is 0 Å². The summed E-state index contributed by atoms with van der Waals surface area (Å²) in [7, 11) is 1.73. The molecule has 1 aliphatic rings. The summed E-state index contributed by atoms with van der Waals surface area (Å²) < 4.78 is 5.16. The predicted octanol–water partition coefficient (Wildman–Crippen LogP) is 1.34. The number of ether oxygens (including phenoxy) is 1. The normalized spacial score (nSPS) is 18.3. The lowest BCUT2D eigenvalue weighted by molar-refractivity contribution is 0.102. The van der Waals surface area contributed by atoms with Crippen molar-refractivity contribution in [2.75, 3.05) is 50.1 Å². The van der Waals surface area contributed by atoms with Crippen LogP contribution in [0.5, 0.6) is 0 Å². The van der Waals surface area contributed by atoms with Crippen LogP contribution in [-0.2, 0) is 4.74 Å². The minimum atomic E-state index is -0.228. The molecule has 0 spiro atoms. The van der Waals surface area contributed by atoms with Gasteiger partial charge >= 0.3 is 0 Å².